The summed E-state index contributed by atoms with van der Waals surface area (Å²) < 4.78 is 17.5. The van der Waals surface area contributed by atoms with Crippen molar-refractivity contribution in [2.45, 2.75) is 31.7 Å². The normalized spacial score (nSPS) is 13.4. The Balaban J connectivity index is 1.47. The van der Waals surface area contributed by atoms with Crippen molar-refractivity contribution in [2.24, 2.45) is 15.7 Å². The Bertz CT molecular complexity index is 1420. The fraction of sp³-hybridized carbons (Fsp3) is 0.333. The van der Waals surface area contributed by atoms with Gasteiger partial charge >= 0.3 is 0 Å². The van der Waals surface area contributed by atoms with Crippen LogP contribution >= 0.6 is 0 Å². The van der Waals surface area contributed by atoms with E-state index in [0.29, 0.717) is 33.0 Å². The van der Waals surface area contributed by atoms with E-state index in [1.165, 1.54) is 11.1 Å². The van der Waals surface area contributed by atoms with E-state index in [2.05, 4.69) is 78.1 Å². The Morgan fingerprint density at radius 3 is 1.80 bits per heavy atom. The Labute approximate surface area is 274 Å². The summed E-state index contributed by atoms with van der Waals surface area (Å²) in [5.41, 5.74) is 11.7. The quantitative estimate of drug-likeness (QED) is 0.0607. The predicted molar refractivity (Wildman–Crippen MR) is 189 cm³/mol. The monoisotopic (exact) mass is 620 g/mol. The van der Waals surface area contributed by atoms with Crippen LogP contribution in [0.25, 0.3) is 0 Å². The first-order chi connectivity index (χ1) is 22.8. The van der Waals surface area contributed by atoms with Crippen molar-refractivity contribution >= 4 is 11.4 Å². The molecule has 7 nitrogen and oxygen atoms in total. The number of nitrogens with two attached hydrogens (primary N) is 1. The minimum absolute atomic E-state index is 0.0824. The molecule has 7 heteroatoms. The second kappa shape index (κ2) is 20.9. The maximum Gasteiger partial charge on any atom is 0.138 e. The maximum absolute atomic E-state index is 6.18. The molecule has 4 aromatic carbocycles. The van der Waals surface area contributed by atoms with Gasteiger partial charge in [0.2, 0.25) is 0 Å². The van der Waals surface area contributed by atoms with Gasteiger partial charge < -0.3 is 19.9 Å². The second-order valence-electron chi connectivity index (χ2n) is 10.8. The molecule has 4 aromatic rings. The van der Waals surface area contributed by atoms with Crippen LogP contribution in [0, 0.1) is 0 Å². The lowest BCUT2D eigenvalue weighted by atomic mass is 9.84. The van der Waals surface area contributed by atoms with E-state index in [9.17, 15) is 0 Å². The molecule has 0 aromatic heterocycles. The fourth-order valence-corrected chi connectivity index (χ4v) is 5.43. The molecule has 0 radical (unpaired) electrons. The lowest BCUT2D eigenvalue weighted by molar-refractivity contribution is 0.108. The van der Waals surface area contributed by atoms with Crippen LogP contribution in [0.1, 0.15) is 54.0 Å². The standard InChI is InChI=1S/C39H48N4O3/c1-2-44-27-15-24-36(32-16-7-3-8-17-32)37(33-18-9-4-10-19-33)42-30-46-29-26-41-38(34-20-11-5-12-21-34)39(43-31-45-28-25-40)35-22-13-6-14-23-35/h3-14,16-23,36-37,42H,2,15,24-31,40H2,1H3. The molecule has 0 aliphatic rings. The lowest BCUT2D eigenvalue weighted by Crippen LogP contribution is -2.30. The Hall–Kier alpha value is -3.98. The Kier molecular flexibility index (Phi) is 15.9. The van der Waals surface area contributed by atoms with Crippen LogP contribution in [0.2, 0.25) is 0 Å². The topological polar surface area (TPSA) is 90.5 Å². The van der Waals surface area contributed by atoms with Gasteiger partial charge in [0.05, 0.1) is 37.9 Å². The van der Waals surface area contributed by atoms with Gasteiger partial charge in [-0.05, 0) is 30.9 Å². The third-order valence-corrected chi connectivity index (χ3v) is 7.60. The van der Waals surface area contributed by atoms with Crippen molar-refractivity contribution < 1.29 is 14.2 Å². The molecule has 2 unspecified atom stereocenters. The number of aliphatic imine (C=N–C) groups is 2. The summed E-state index contributed by atoms with van der Waals surface area (Å²) in [5.74, 6) is 0.265. The van der Waals surface area contributed by atoms with Crippen LogP contribution in [0.4, 0.5) is 0 Å². The molecule has 0 saturated carbocycles. The minimum Gasteiger partial charge on any atom is -0.382 e. The summed E-state index contributed by atoms with van der Waals surface area (Å²) in [5, 5.41) is 3.72. The average Bonchev–Trinajstić information content (AvgIpc) is 3.12. The van der Waals surface area contributed by atoms with Gasteiger partial charge in [-0.25, -0.2) is 0 Å². The van der Waals surface area contributed by atoms with Crippen LogP contribution in [-0.4, -0.2) is 64.4 Å². The largest absolute Gasteiger partial charge is 0.382 e. The molecule has 0 amide bonds. The average molecular weight is 621 g/mol. The van der Waals surface area contributed by atoms with E-state index in [1.54, 1.807) is 0 Å². The van der Waals surface area contributed by atoms with Crippen LogP contribution in [0.5, 0.6) is 0 Å². The lowest BCUT2D eigenvalue weighted by Gasteiger charge is -2.29. The maximum atomic E-state index is 6.18. The summed E-state index contributed by atoms with van der Waals surface area (Å²) in [4.78, 5) is 9.83. The molecule has 0 saturated heterocycles. The van der Waals surface area contributed by atoms with Crippen LogP contribution in [-0.2, 0) is 14.2 Å². The number of ether oxygens (including phenoxy) is 3. The zero-order chi connectivity index (χ0) is 32.1. The molecule has 0 fully saturated rings. The molecule has 2 atom stereocenters. The van der Waals surface area contributed by atoms with Gasteiger partial charge in [-0.3, -0.25) is 15.3 Å². The van der Waals surface area contributed by atoms with Crippen LogP contribution in [0.3, 0.4) is 0 Å². The summed E-state index contributed by atoms with van der Waals surface area (Å²) >= 11 is 0. The molecular formula is C39H48N4O3. The third-order valence-electron chi connectivity index (χ3n) is 7.60. The van der Waals surface area contributed by atoms with Crippen molar-refractivity contribution in [1.82, 2.24) is 5.32 Å². The van der Waals surface area contributed by atoms with E-state index in [-0.39, 0.29) is 18.7 Å². The van der Waals surface area contributed by atoms with Gasteiger partial charge in [0.25, 0.3) is 0 Å². The van der Waals surface area contributed by atoms with Gasteiger partial charge in [0.15, 0.2) is 0 Å². The molecule has 0 aliphatic heterocycles. The molecule has 3 N–H and O–H groups in total. The molecule has 46 heavy (non-hydrogen) atoms. The van der Waals surface area contributed by atoms with E-state index in [4.69, 9.17) is 29.9 Å². The molecule has 242 valence electrons. The first-order valence-electron chi connectivity index (χ1n) is 16.3. The van der Waals surface area contributed by atoms with Crippen molar-refractivity contribution in [2.75, 3.05) is 53.0 Å². The first kappa shape index (κ1) is 34.9. The summed E-state index contributed by atoms with van der Waals surface area (Å²) in [7, 11) is 0. The van der Waals surface area contributed by atoms with Crippen molar-refractivity contribution in [1.29, 1.82) is 0 Å². The highest BCUT2D eigenvalue weighted by Gasteiger charge is 2.24. The Morgan fingerprint density at radius 1 is 0.652 bits per heavy atom. The van der Waals surface area contributed by atoms with E-state index < -0.39 is 0 Å². The number of hydrogen-bond acceptors (Lipinski definition) is 7. The van der Waals surface area contributed by atoms with E-state index in [0.717, 1.165) is 48.6 Å². The highest BCUT2D eigenvalue weighted by Crippen LogP contribution is 2.34. The third kappa shape index (κ3) is 11.4. The number of rotatable bonds is 21. The van der Waals surface area contributed by atoms with Crippen molar-refractivity contribution in [3.05, 3.63) is 144 Å². The summed E-state index contributed by atoms with van der Waals surface area (Å²) in [6.07, 6.45) is 1.98. The SMILES string of the molecule is CCOCCCC(c1ccccc1)C(NCOCCN=C(C(=NCOCCN)c1ccccc1)c1ccccc1)c1ccccc1. The number of nitrogens with zero attached hydrogens (tertiary/aromatic N) is 2. The molecule has 0 aliphatic carbocycles. The number of nitrogens with one attached hydrogen (secondary N) is 1. The minimum atomic E-state index is 0.0824. The highest BCUT2D eigenvalue weighted by atomic mass is 16.5. The van der Waals surface area contributed by atoms with Gasteiger partial charge in [-0.1, -0.05) is 121 Å². The predicted octanol–water partition coefficient (Wildman–Crippen LogP) is 6.80. The smallest absolute Gasteiger partial charge is 0.138 e. The summed E-state index contributed by atoms with van der Waals surface area (Å²) in [6, 6.07) is 41.7. The van der Waals surface area contributed by atoms with Gasteiger partial charge in [0, 0.05) is 42.8 Å². The molecule has 0 heterocycles. The fourth-order valence-electron chi connectivity index (χ4n) is 5.43. The molecule has 0 bridgehead atoms. The molecule has 4 rings (SSSR count). The zero-order valence-electron chi connectivity index (χ0n) is 27.0. The van der Waals surface area contributed by atoms with Crippen molar-refractivity contribution in [3.8, 4) is 0 Å². The Morgan fingerprint density at radius 2 is 1.22 bits per heavy atom. The van der Waals surface area contributed by atoms with Gasteiger partial charge in [-0.2, -0.15) is 0 Å². The van der Waals surface area contributed by atoms with Gasteiger partial charge in [-0.15, -0.1) is 0 Å². The molecule has 0 spiro atoms. The van der Waals surface area contributed by atoms with Crippen LogP contribution in [0.15, 0.2) is 131 Å². The molecular weight excluding hydrogens is 572 g/mol. The van der Waals surface area contributed by atoms with Crippen LogP contribution < -0.4 is 11.1 Å². The van der Waals surface area contributed by atoms with E-state index in [1.807, 2.05) is 55.5 Å². The second-order valence-corrected chi connectivity index (χ2v) is 10.8. The van der Waals surface area contributed by atoms with Crippen molar-refractivity contribution in [3.63, 3.8) is 0 Å². The highest BCUT2D eigenvalue weighted by molar-refractivity contribution is 6.53. The first-order valence-corrected chi connectivity index (χ1v) is 16.3. The summed E-state index contributed by atoms with van der Waals surface area (Å²) in [6.45, 7) is 5.98. The zero-order valence-corrected chi connectivity index (χ0v) is 27.0. The van der Waals surface area contributed by atoms with E-state index >= 15 is 0 Å². The number of benzene rings is 4. The number of hydrogen-bond donors (Lipinski definition) is 2. The van der Waals surface area contributed by atoms with Gasteiger partial charge in [0.1, 0.15) is 6.73 Å².